The second-order valence-electron chi connectivity index (χ2n) is 4.84. The normalized spacial score (nSPS) is 11.2. The van der Waals surface area contributed by atoms with Crippen LogP contribution < -0.4 is 0 Å². The van der Waals surface area contributed by atoms with E-state index in [-0.39, 0.29) is 11.3 Å². The summed E-state index contributed by atoms with van der Waals surface area (Å²) in [5.41, 5.74) is 1.91. The SMILES string of the molecule is Cc1cc(F)c(-n2c(CCCl)nc3ccccc32)cc1F. The highest BCUT2D eigenvalue weighted by Gasteiger charge is 2.16. The van der Waals surface area contributed by atoms with E-state index in [2.05, 4.69) is 4.98 Å². The molecule has 0 radical (unpaired) electrons. The number of para-hydroxylation sites is 2. The Kier molecular flexibility index (Phi) is 3.64. The van der Waals surface area contributed by atoms with Crippen LogP contribution in [0.2, 0.25) is 0 Å². The van der Waals surface area contributed by atoms with Crippen LogP contribution >= 0.6 is 11.6 Å². The first kappa shape index (κ1) is 14.0. The Morgan fingerprint density at radius 1 is 1.14 bits per heavy atom. The maximum absolute atomic E-state index is 14.3. The van der Waals surface area contributed by atoms with Crippen molar-refractivity contribution in [2.24, 2.45) is 0 Å². The predicted octanol–water partition coefficient (Wildman–Crippen LogP) is 4.39. The third-order valence-electron chi connectivity index (χ3n) is 3.42. The first-order chi connectivity index (χ1) is 10.1. The van der Waals surface area contributed by atoms with Crippen LogP contribution in [0, 0.1) is 18.6 Å². The molecule has 0 aliphatic rings. The van der Waals surface area contributed by atoms with Gasteiger partial charge in [0, 0.05) is 18.4 Å². The third-order valence-corrected chi connectivity index (χ3v) is 3.61. The Balaban J connectivity index is 2.32. The molecule has 0 N–H and O–H groups in total. The smallest absolute Gasteiger partial charge is 0.147 e. The van der Waals surface area contributed by atoms with Gasteiger partial charge in [-0.1, -0.05) is 12.1 Å². The van der Waals surface area contributed by atoms with Crippen LogP contribution in [0.5, 0.6) is 0 Å². The van der Waals surface area contributed by atoms with Crippen molar-refractivity contribution in [3.8, 4) is 5.69 Å². The lowest BCUT2D eigenvalue weighted by molar-refractivity contribution is 0.585. The maximum atomic E-state index is 14.3. The van der Waals surface area contributed by atoms with Gasteiger partial charge in [0.05, 0.1) is 16.7 Å². The monoisotopic (exact) mass is 306 g/mol. The van der Waals surface area contributed by atoms with Crippen LogP contribution in [0.15, 0.2) is 36.4 Å². The second kappa shape index (κ2) is 5.45. The zero-order valence-corrected chi connectivity index (χ0v) is 12.2. The van der Waals surface area contributed by atoms with Gasteiger partial charge in [-0.25, -0.2) is 13.8 Å². The van der Waals surface area contributed by atoms with Gasteiger partial charge in [0.15, 0.2) is 0 Å². The first-order valence-corrected chi connectivity index (χ1v) is 7.13. The standard InChI is InChI=1S/C16H13ClF2N2/c1-10-8-12(19)15(9-11(10)18)21-14-5-3-2-4-13(14)20-16(21)6-7-17/h2-5,8-9H,6-7H2,1H3. The molecule has 5 heteroatoms. The number of hydrogen-bond donors (Lipinski definition) is 0. The predicted molar refractivity (Wildman–Crippen MR) is 80.1 cm³/mol. The van der Waals surface area contributed by atoms with Crippen LogP contribution in [0.25, 0.3) is 16.7 Å². The van der Waals surface area contributed by atoms with E-state index in [1.54, 1.807) is 4.57 Å². The summed E-state index contributed by atoms with van der Waals surface area (Å²) in [5, 5.41) is 0. The lowest BCUT2D eigenvalue weighted by Crippen LogP contribution is -2.05. The molecule has 0 unspecified atom stereocenters. The van der Waals surface area contributed by atoms with Gasteiger partial charge in [0.2, 0.25) is 0 Å². The molecule has 108 valence electrons. The van der Waals surface area contributed by atoms with Gasteiger partial charge in [-0.05, 0) is 30.7 Å². The summed E-state index contributed by atoms with van der Waals surface area (Å²) in [6, 6.07) is 9.77. The molecular weight excluding hydrogens is 294 g/mol. The van der Waals surface area contributed by atoms with E-state index in [4.69, 9.17) is 11.6 Å². The molecule has 0 aliphatic heterocycles. The van der Waals surface area contributed by atoms with Crippen molar-refractivity contribution in [2.75, 3.05) is 5.88 Å². The number of alkyl halides is 1. The van der Waals surface area contributed by atoms with Crippen LogP contribution in [-0.2, 0) is 6.42 Å². The maximum Gasteiger partial charge on any atom is 0.147 e. The number of rotatable bonds is 3. The minimum atomic E-state index is -0.479. The average molecular weight is 307 g/mol. The second-order valence-corrected chi connectivity index (χ2v) is 5.22. The quantitative estimate of drug-likeness (QED) is 0.656. The number of aromatic nitrogens is 2. The van der Waals surface area contributed by atoms with Crippen molar-refractivity contribution < 1.29 is 8.78 Å². The van der Waals surface area contributed by atoms with Crippen LogP contribution in [-0.4, -0.2) is 15.4 Å². The Labute approximate surface area is 126 Å². The Bertz CT molecular complexity index is 811. The number of imidazole rings is 1. The lowest BCUT2D eigenvalue weighted by Gasteiger charge is -2.11. The molecule has 1 aromatic heterocycles. The number of halogens is 3. The van der Waals surface area contributed by atoms with E-state index in [0.717, 1.165) is 11.0 Å². The number of fused-ring (bicyclic) bond motifs is 1. The zero-order valence-electron chi connectivity index (χ0n) is 11.4. The molecule has 0 amide bonds. The first-order valence-electron chi connectivity index (χ1n) is 6.60. The fourth-order valence-corrected chi connectivity index (χ4v) is 2.57. The van der Waals surface area contributed by atoms with E-state index < -0.39 is 11.6 Å². The molecule has 0 atom stereocenters. The Morgan fingerprint density at radius 3 is 2.67 bits per heavy atom. The highest BCUT2D eigenvalue weighted by atomic mass is 35.5. The van der Waals surface area contributed by atoms with E-state index in [1.165, 1.54) is 19.1 Å². The number of hydrogen-bond acceptors (Lipinski definition) is 1. The molecule has 2 aromatic carbocycles. The van der Waals surface area contributed by atoms with Crippen molar-refractivity contribution in [1.29, 1.82) is 0 Å². The number of benzene rings is 2. The largest absolute Gasteiger partial charge is 0.293 e. The summed E-state index contributed by atoms with van der Waals surface area (Å²) < 4.78 is 29.8. The van der Waals surface area contributed by atoms with E-state index >= 15 is 0 Å². The molecule has 0 fully saturated rings. The van der Waals surface area contributed by atoms with Gasteiger partial charge < -0.3 is 0 Å². The summed E-state index contributed by atoms with van der Waals surface area (Å²) in [6.45, 7) is 1.54. The highest BCUT2D eigenvalue weighted by Crippen LogP contribution is 2.25. The van der Waals surface area contributed by atoms with Crippen molar-refractivity contribution in [1.82, 2.24) is 9.55 Å². The van der Waals surface area contributed by atoms with Crippen molar-refractivity contribution >= 4 is 22.6 Å². The molecule has 0 aliphatic carbocycles. The topological polar surface area (TPSA) is 17.8 Å². The Hall–Kier alpha value is -1.94. The molecule has 1 heterocycles. The highest BCUT2D eigenvalue weighted by molar-refractivity contribution is 6.17. The fraction of sp³-hybridized carbons (Fsp3) is 0.188. The van der Waals surface area contributed by atoms with Crippen LogP contribution in [0.1, 0.15) is 11.4 Å². The summed E-state index contributed by atoms with van der Waals surface area (Å²) >= 11 is 5.80. The van der Waals surface area contributed by atoms with Gasteiger partial charge in [0.1, 0.15) is 17.5 Å². The van der Waals surface area contributed by atoms with Gasteiger partial charge in [-0.15, -0.1) is 11.6 Å². The van der Waals surface area contributed by atoms with Gasteiger partial charge in [-0.2, -0.15) is 0 Å². The number of nitrogens with zero attached hydrogens (tertiary/aromatic N) is 2. The molecule has 2 nitrogen and oxygen atoms in total. The van der Waals surface area contributed by atoms with E-state index in [0.29, 0.717) is 18.1 Å². The van der Waals surface area contributed by atoms with Crippen molar-refractivity contribution in [2.45, 2.75) is 13.3 Å². The van der Waals surface area contributed by atoms with Crippen LogP contribution in [0.4, 0.5) is 8.78 Å². The molecule has 0 saturated carbocycles. The summed E-state index contributed by atoms with van der Waals surface area (Å²) in [4.78, 5) is 4.46. The molecule has 0 spiro atoms. The van der Waals surface area contributed by atoms with Gasteiger partial charge >= 0.3 is 0 Å². The fourth-order valence-electron chi connectivity index (χ4n) is 2.40. The molecule has 0 saturated heterocycles. The Morgan fingerprint density at radius 2 is 1.90 bits per heavy atom. The van der Waals surface area contributed by atoms with E-state index in [1.807, 2.05) is 24.3 Å². The average Bonchev–Trinajstić information content (AvgIpc) is 2.81. The minimum Gasteiger partial charge on any atom is -0.293 e. The van der Waals surface area contributed by atoms with E-state index in [9.17, 15) is 8.78 Å². The third kappa shape index (κ3) is 2.40. The summed E-state index contributed by atoms with van der Waals surface area (Å²) in [5.74, 6) is 0.0569. The van der Waals surface area contributed by atoms with Crippen molar-refractivity contribution in [3.63, 3.8) is 0 Å². The molecule has 3 rings (SSSR count). The van der Waals surface area contributed by atoms with Gasteiger partial charge in [-0.3, -0.25) is 4.57 Å². The molecule has 21 heavy (non-hydrogen) atoms. The van der Waals surface area contributed by atoms with Crippen molar-refractivity contribution in [3.05, 3.63) is 59.4 Å². The minimum absolute atomic E-state index is 0.159. The molecular formula is C16H13ClF2N2. The van der Waals surface area contributed by atoms with Gasteiger partial charge in [0.25, 0.3) is 0 Å². The molecule has 0 bridgehead atoms. The number of aryl methyl sites for hydroxylation is 2. The zero-order chi connectivity index (χ0) is 15.0. The lowest BCUT2D eigenvalue weighted by atomic mass is 10.2. The summed E-state index contributed by atoms with van der Waals surface area (Å²) in [7, 11) is 0. The summed E-state index contributed by atoms with van der Waals surface area (Å²) in [6.07, 6.45) is 0.477. The van der Waals surface area contributed by atoms with Crippen LogP contribution in [0.3, 0.4) is 0 Å². The molecule has 3 aromatic rings.